The Labute approximate surface area is 190 Å². The molecule has 4 rings (SSSR count). The van der Waals surface area contributed by atoms with E-state index in [4.69, 9.17) is 5.73 Å². The van der Waals surface area contributed by atoms with Crippen LogP contribution in [0, 0.1) is 11.8 Å². The van der Waals surface area contributed by atoms with Gasteiger partial charge in [-0.2, -0.15) is 0 Å². The van der Waals surface area contributed by atoms with Crippen molar-refractivity contribution in [2.75, 3.05) is 26.0 Å². The number of phenols is 1. The number of nitrogens with one attached hydrogen (secondary N) is 1. The molecule has 3 unspecified atom stereocenters. The molecule has 7 N–H and O–H groups in total. The number of benzene rings is 1. The number of aliphatic hydroxyl groups is 3. The predicted octanol–water partition coefficient (Wildman–Crippen LogP) is 0.396. The van der Waals surface area contributed by atoms with E-state index in [0.29, 0.717) is 17.8 Å². The summed E-state index contributed by atoms with van der Waals surface area (Å²) in [6.07, 6.45) is 0.318. The fourth-order valence-corrected chi connectivity index (χ4v) is 5.60. The molecule has 1 aromatic rings. The fourth-order valence-electron chi connectivity index (χ4n) is 5.60. The maximum Gasteiger partial charge on any atom is 0.255 e. The number of nitrogens with two attached hydrogens (primary N) is 1. The summed E-state index contributed by atoms with van der Waals surface area (Å²) in [5.74, 6) is -6.55. The van der Waals surface area contributed by atoms with Crippen molar-refractivity contribution in [1.29, 1.82) is 0 Å². The number of phenolic OH excluding ortho intramolecular Hbond substituents is 1. The van der Waals surface area contributed by atoms with Gasteiger partial charge >= 0.3 is 0 Å². The molecule has 176 valence electrons. The first-order valence-corrected chi connectivity index (χ1v) is 10.7. The van der Waals surface area contributed by atoms with Crippen LogP contribution >= 0.6 is 0 Å². The number of nitrogens with zero attached hydrogens (tertiary/aromatic N) is 1. The molecule has 0 heterocycles. The monoisotopic (exact) mass is 457 g/mol. The molecular formula is C23H27N3O7. The van der Waals surface area contributed by atoms with Gasteiger partial charge in [-0.25, -0.2) is 0 Å². The number of rotatable bonds is 4. The van der Waals surface area contributed by atoms with Crippen LogP contribution in [0.3, 0.4) is 0 Å². The van der Waals surface area contributed by atoms with Crippen molar-refractivity contribution in [2.24, 2.45) is 17.6 Å². The van der Waals surface area contributed by atoms with Gasteiger partial charge in [0, 0.05) is 23.7 Å². The summed E-state index contributed by atoms with van der Waals surface area (Å²) in [6.45, 7) is 2.49. The maximum absolute atomic E-state index is 13.7. The minimum Gasteiger partial charge on any atom is -0.508 e. The van der Waals surface area contributed by atoms with E-state index in [2.05, 4.69) is 5.32 Å². The van der Waals surface area contributed by atoms with Crippen molar-refractivity contribution >= 4 is 28.9 Å². The first-order valence-electron chi connectivity index (χ1n) is 10.7. The second-order valence-corrected chi connectivity index (χ2v) is 8.98. The quantitative estimate of drug-likeness (QED) is 0.276. The average molecular weight is 457 g/mol. The summed E-state index contributed by atoms with van der Waals surface area (Å²) in [4.78, 5) is 40.1. The van der Waals surface area contributed by atoms with Gasteiger partial charge in [-0.1, -0.05) is 0 Å². The summed E-state index contributed by atoms with van der Waals surface area (Å²) in [6, 6.07) is 1.97. The van der Waals surface area contributed by atoms with Crippen LogP contribution < -0.4 is 11.1 Å². The molecule has 10 heteroatoms. The van der Waals surface area contributed by atoms with Crippen molar-refractivity contribution in [3.8, 4) is 5.75 Å². The van der Waals surface area contributed by atoms with Crippen LogP contribution in [0.5, 0.6) is 5.75 Å². The lowest BCUT2D eigenvalue weighted by Gasteiger charge is -2.50. The Morgan fingerprint density at radius 1 is 1.24 bits per heavy atom. The minimum absolute atomic E-state index is 0.0625. The zero-order valence-corrected chi connectivity index (χ0v) is 18.5. The molecule has 4 atom stereocenters. The van der Waals surface area contributed by atoms with E-state index < -0.39 is 58.0 Å². The Morgan fingerprint density at radius 2 is 1.91 bits per heavy atom. The van der Waals surface area contributed by atoms with Gasteiger partial charge in [-0.3, -0.25) is 19.3 Å². The standard InChI is InChI=1S/C23H27N3O7/c1-4-25-12-5-6-13(27)15-10(12)7-9-8-11-17(26(2)3)19(29)16(22(24)32)21(31)23(11,33)20(30)14(9)18(15)28/h5-6,9,11,17,25,27-28,31,33H,4,7-8H2,1-3H3,(H2,24,32)/t9?,11?,17-,23?/m0/s1. The van der Waals surface area contributed by atoms with Crippen LogP contribution in [0.1, 0.15) is 24.5 Å². The summed E-state index contributed by atoms with van der Waals surface area (Å²) in [5, 5.41) is 47.0. The number of amides is 1. The van der Waals surface area contributed by atoms with Gasteiger partial charge < -0.3 is 31.5 Å². The molecule has 3 aliphatic rings. The predicted molar refractivity (Wildman–Crippen MR) is 118 cm³/mol. The van der Waals surface area contributed by atoms with Gasteiger partial charge in [0.1, 0.15) is 22.8 Å². The van der Waals surface area contributed by atoms with Gasteiger partial charge in [0.15, 0.2) is 11.4 Å². The van der Waals surface area contributed by atoms with E-state index in [0.717, 1.165) is 0 Å². The van der Waals surface area contributed by atoms with E-state index in [9.17, 15) is 34.8 Å². The van der Waals surface area contributed by atoms with Crippen molar-refractivity contribution in [1.82, 2.24) is 4.90 Å². The molecule has 3 aliphatic carbocycles. The van der Waals surface area contributed by atoms with Crippen molar-refractivity contribution in [2.45, 2.75) is 31.4 Å². The van der Waals surface area contributed by atoms with Crippen LogP contribution in [-0.4, -0.2) is 75.1 Å². The van der Waals surface area contributed by atoms with Crippen molar-refractivity contribution in [3.05, 3.63) is 40.2 Å². The zero-order valence-electron chi connectivity index (χ0n) is 18.5. The highest BCUT2D eigenvalue weighted by Gasteiger charge is 2.64. The Kier molecular flexibility index (Phi) is 5.25. The Bertz CT molecular complexity index is 1150. The lowest BCUT2D eigenvalue weighted by atomic mass is 9.57. The highest BCUT2D eigenvalue weighted by Crippen LogP contribution is 2.53. The highest BCUT2D eigenvalue weighted by molar-refractivity contribution is 6.24. The second-order valence-electron chi connectivity index (χ2n) is 8.98. The first kappa shape index (κ1) is 22.8. The number of fused-ring (bicyclic) bond motifs is 3. The molecule has 0 radical (unpaired) electrons. The van der Waals surface area contributed by atoms with Gasteiger partial charge in [-0.15, -0.1) is 0 Å². The molecule has 0 aromatic heterocycles. The molecule has 0 saturated heterocycles. The van der Waals surface area contributed by atoms with Crippen LogP contribution in [0.4, 0.5) is 5.69 Å². The molecule has 0 aliphatic heterocycles. The van der Waals surface area contributed by atoms with Gasteiger partial charge in [-0.05, 0) is 57.5 Å². The van der Waals surface area contributed by atoms with Crippen LogP contribution in [0.2, 0.25) is 0 Å². The molecule has 1 saturated carbocycles. The number of hydrogen-bond acceptors (Lipinski definition) is 9. The molecule has 10 nitrogen and oxygen atoms in total. The Balaban J connectivity index is 1.97. The Hall–Kier alpha value is -3.37. The summed E-state index contributed by atoms with van der Waals surface area (Å²) >= 11 is 0. The van der Waals surface area contributed by atoms with Crippen molar-refractivity contribution < 1.29 is 34.8 Å². The second kappa shape index (κ2) is 7.60. The molecule has 0 spiro atoms. The normalized spacial score (nSPS) is 29.1. The number of anilines is 1. The van der Waals surface area contributed by atoms with Crippen LogP contribution in [-0.2, 0) is 20.8 Å². The van der Waals surface area contributed by atoms with E-state index in [1.807, 2.05) is 6.92 Å². The lowest BCUT2D eigenvalue weighted by molar-refractivity contribution is -0.153. The smallest absolute Gasteiger partial charge is 0.255 e. The number of aliphatic hydroxyl groups excluding tert-OH is 2. The van der Waals surface area contributed by atoms with Gasteiger partial charge in [0.05, 0.1) is 11.6 Å². The van der Waals surface area contributed by atoms with E-state index in [1.54, 1.807) is 20.2 Å². The van der Waals surface area contributed by atoms with E-state index in [-0.39, 0.29) is 29.7 Å². The van der Waals surface area contributed by atoms with E-state index in [1.165, 1.54) is 11.0 Å². The van der Waals surface area contributed by atoms with Gasteiger partial charge in [0.2, 0.25) is 5.78 Å². The topological polar surface area (TPSA) is 173 Å². The third kappa shape index (κ3) is 2.97. The minimum atomic E-state index is -2.63. The molecule has 1 aromatic carbocycles. The van der Waals surface area contributed by atoms with Crippen LogP contribution in [0.25, 0.3) is 5.76 Å². The molecular weight excluding hydrogens is 430 g/mol. The number of Topliss-reactive ketones (excluding diaryl/α,β-unsaturated/α-hetero) is 2. The fraction of sp³-hybridized carbons (Fsp3) is 0.435. The third-order valence-electron chi connectivity index (χ3n) is 6.97. The molecule has 1 fully saturated rings. The number of aromatic hydroxyl groups is 1. The largest absolute Gasteiger partial charge is 0.508 e. The molecule has 1 amide bonds. The van der Waals surface area contributed by atoms with Crippen LogP contribution in [0.15, 0.2) is 29.0 Å². The number of carbonyl (C=O) groups excluding carboxylic acids is 3. The summed E-state index contributed by atoms with van der Waals surface area (Å²) in [7, 11) is 3.13. The SMILES string of the molecule is CCNc1ccc(O)c2c1CC1CC3[C@H](N(C)C)C(=O)C(C(N)=O)=C(O)C3(O)C(=O)C1=C2O. The Morgan fingerprint density at radius 3 is 2.48 bits per heavy atom. The molecule has 33 heavy (non-hydrogen) atoms. The number of ketones is 2. The zero-order chi connectivity index (χ0) is 24.4. The van der Waals surface area contributed by atoms with E-state index >= 15 is 0 Å². The third-order valence-corrected chi connectivity index (χ3v) is 6.97. The van der Waals surface area contributed by atoms with Gasteiger partial charge in [0.25, 0.3) is 5.91 Å². The highest BCUT2D eigenvalue weighted by atomic mass is 16.3. The van der Waals surface area contributed by atoms with Crippen molar-refractivity contribution in [3.63, 3.8) is 0 Å². The number of primary amides is 1. The first-order chi connectivity index (χ1) is 15.5. The number of carbonyl (C=O) groups is 3. The summed E-state index contributed by atoms with van der Waals surface area (Å²) < 4.78 is 0. The maximum atomic E-state index is 13.7. The summed E-state index contributed by atoms with van der Waals surface area (Å²) in [5.41, 5.74) is 3.07. The molecule has 0 bridgehead atoms. The number of hydrogen-bond donors (Lipinski definition) is 6. The number of likely N-dealkylation sites (N-methyl/N-ethyl adjacent to an activating group) is 1. The average Bonchev–Trinajstić information content (AvgIpc) is 2.72. The lowest BCUT2D eigenvalue weighted by Crippen LogP contribution is -2.65.